The smallest absolute Gasteiger partial charge is 0.175 e. The average Bonchev–Trinajstić information content (AvgIpc) is 2.66. The van der Waals surface area contributed by atoms with Crippen LogP contribution in [0.15, 0.2) is 41.1 Å². The topological polar surface area (TPSA) is 43.4 Å². The van der Waals surface area contributed by atoms with Crippen LogP contribution < -0.4 is 27.2 Å². The van der Waals surface area contributed by atoms with Crippen molar-refractivity contribution < 1.29 is 21.9 Å². The van der Waals surface area contributed by atoms with Crippen LogP contribution in [0.2, 0.25) is 0 Å². The molecule has 26 heavy (non-hydrogen) atoms. The molecule has 1 saturated carbocycles. The van der Waals surface area contributed by atoms with E-state index in [0.29, 0.717) is 12.6 Å². The number of rotatable bonds is 7. The fraction of sp³-hybridized carbons (Fsp3) is 0.450. The highest BCUT2D eigenvalue weighted by Crippen LogP contribution is 2.37. The van der Waals surface area contributed by atoms with Crippen molar-refractivity contribution in [3.8, 4) is 11.5 Å². The highest BCUT2D eigenvalue weighted by molar-refractivity contribution is 9.10. The van der Waals surface area contributed by atoms with Crippen LogP contribution in [0.5, 0.6) is 11.5 Å². The molecule has 4 nitrogen and oxygen atoms in total. The first-order valence-electron chi connectivity index (χ1n) is 8.88. The van der Waals surface area contributed by atoms with Crippen molar-refractivity contribution in [3.05, 3.63) is 52.3 Å². The molecule has 6 heteroatoms. The van der Waals surface area contributed by atoms with Crippen LogP contribution in [0.25, 0.3) is 0 Å². The Hall–Kier alpha value is -1.30. The van der Waals surface area contributed by atoms with Crippen LogP contribution >= 0.6 is 15.9 Å². The van der Waals surface area contributed by atoms with Crippen LogP contribution in [-0.2, 0) is 13.2 Å². The van der Waals surface area contributed by atoms with Crippen LogP contribution in [-0.4, -0.2) is 18.1 Å². The minimum atomic E-state index is 0. The Morgan fingerprint density at radius 1 is 1.19 bits per heavy atom. The fourth-order valence-corrected chi connectivity index (χ4v) is 3.83. The van der Waals surface area contributed by atoms with E-state index in [1.165, 1.54) is 37.7 Å². The number of halogens is 2. The van der Waals surface area contributed by atoms with Crippen molar-refractivity contribution in [3.63, 3.8) is 0 Å². The lowest BCUT2D eigenvalue weighted by Gasteiger charge is -2.23. The van der Waals surface area contributed by atoms with Gasteiger partial charge in [-0.2, -0.15) is 0 Å². The van der Waals surface area contributed by atoms with Gasteiger partial charge in [-0.05, 0) is 52.5 Å². The summed E-state index contributed by atoms with van der Waals surface area (Å²) in [6.07, 6.45) is 10.2. The first kappa shape index (κ1) is 21.0. The number of benzene rings is 1. The summed E-state index contributed by atoms with van der Waals surface area (Å²) in [4.78, 5) is 4.11. The Kier molecular flexibility index (Phi) is 8.69. The number of nitrogens with one attached hydrogen (secondary N) is 1. The lowest BCUT2D eigenvalue weighted by atomic mass is 9.95. The van der Waals surface area contributed by atoms with Crippen LogP contribution in [0.1, 0.15) is 43.2 Å². The molecule has 1 N–H and O–H groups in total. The highest BCUT2D eigenvalue weighted by Gasteiger charge is 2.15. The molecule has 1 heterocycles. The van der Waals surface area contributed by atoms with Crippen molar-refractivity contribution in [1.29, 1.82) is 0 Å². The highest BCUT2D eigenvalue weighted by atomic mass is 79.9. The zero-order chi connectivity index (χ0) is 17.5. The van der Waals surface area contributed by atoms with Crippen LogP contribution in [0, 0.1) is 0 Å². The summed E-state index contributed by atoms with van der Waals surface area (Å²) in [5.41, 5.74) is 2.22. The standard InChI is InChI=1S/C20H25BrN2O2.ClH/c1-24-19-11-16(13-23-17-7-3-2-4-8-17)10-18(21)20(19)25-14-15-6-5-9-22-12-15;/h5-6,9-12,17,23H,2-4,7-8,13-14H2,1H3;1H/p-1. The van der Waals surface area contributed by atoms with E-state index >= 15 is 0 Å². The number of pyridine rings is 1. The Balaban J connectivity index is 0.00000243. The summed E-state index contributed by atoms with van der Waals surface area (Å²) in [6.45, 7) is 1.31. The van der Waals surface area contributed by atoms with E-state index in [9.17, 15) is 0 Å². The normalized spacial score (nSPS) is 14.5. The van der Waals surface area contributed by atoms with Gasteiger partial charge in [0.25, 0.3) is 0 Å². The second-order valence-electron chi connectivity index (χ2n) is 6.47. The van der Waals surface area contributed by atoms with Gasteiger partial charge in [0.05, 0.1) is 11.6 Å². The van der Waals surface area contributed by atoms with Gasteiger partial charge < -0.3 is 27.2 Å². The van der Waals surface area contributed by atoms with Gasteiger partial charge in [-0.3, -0.25) is 4.98 Å². The maximum Gasteiger partial charge on any atom is 0.175 e. The number of nitrogens with zero attached hydrogens (tertiary/aromatic N) is 1. The second kappa shape index (κ2) is 10.8. The molecule has 0 aliphatic heterocycles. The SMILES string of the molecule is COc1cc(CNC2CCCCC2)cc(Br)c1OCc1cccnc1.[Cl-]. The van der Waals surface area contributed by atoms with Gasteiger partial charge >= 0.3 is 0 Å². The number of hydrogen-bond acceptors (Lipinski definition) is 4. The van der Waals surface area contributed by atoms with Crippen molar-refractivity contribution in [2.75, 3.05) is 7.11 Å². The minimum absolute atomic E-state index is 0. The molecular weight excluding hydrogens is 416 g/mol. The summed E-state index contributed by atoms with van der Waals surface area (Å²) >= 11 is 3.63. The van der Waals surface area contributed by atoms with E-state index in [2.05, 4.69) is 38.4 Å². The maximum atomic E-state index is 5.96. The van der Waals surface area contributed by atoms with Crippen LogP contribution in [0.3, 0.4) is 0 Å². The predicted octanol–water partition coefficient (Wildman–Crippen LogP) is 1.86. The first-order valence-corrected chi connectivity index (χ1v) is 9.67. The van der Waals surface area contributed by atoms with Crippen molar-refractivity contribution in [1.82, 2.24) is 10.3 Å². The molecule has 1 aromatic heterocycles. The van der Waals surface area contributed by atoms with E-state index in [1.54, 1.807) is 13.3 Å². The van der Waals surface area contributed by atoms with Crippen molar-refractivity contribution >= 4 is 15.9 Å². The molecule has 3 rings (SSSR count). The summed E-state index contributed by atoms with van der Waals surface area (Å²) in [5, 5.41) is 3.67. The molecule has 142 valence electrons. The van der Waals surface area contributed by atoms with Gasteiger partial charge in [0, 0.05) is 30.5 Å². The summed E-state index contributed by atoms with van der Waals surface area (Å²) in [5.74, 6) is 1.48. The molecule has 0 saturated heterocycles. The van der Waals surface area contributed by atoms with Gasteiger partial charge in [0.1, 0.15) is 6.61 Å². The Labute approximate surface area is 170 Å². The predicted molar refractivity (Wildman–Crippen MR) is 103 cm³/mol. The third-order valence-corrected chi connectivity index (χ3v) is 5.18. The molecule has 1 aromatic carbocycles. The quantitative estimate of drug-likeness (QED) is 0.714. The molecule has 0 amide bonds. The monoisotopic (exact) mass is 439 g/mol. The largest absolute Gasteiger partial charge is 1.00 e. The maximum absolute atomic E-state index is 5.96. The van der Waals surface area contributed by atoms with Crippen molar-refractivity contribution in [2.24, 2.45) is 0 Å². The van der Waals surface area contributed by atoms with Gasteiger partial charge in [0.15, 0.2) is 11.5 Å². The second-order valence-corrected chi connectivity index (χ2v) is 7.33. The van der Waals surface area contributed by atoms with Gasteiger partial charge in [-0.1, -0.05) is 25.3 Å². The average molecular weight is 441 g/mol. The summed E-state index contributed by atoms with van der Waals surface area (Å²) < 4.78 is 12.4. The Morgan fingerprint density at radius 3 is 2.69 bits per heavy atom. The Morgan fingerprint density at radius 2 is 2.00 bits per heavy atom. The molecule has 1 fully saturated rings. The Bertz CT molecular complexity index is 679. The van der Waals surface area contributed by atoms with E-state index < -0.39 is 0 Å². The molecule has 1 aliphatic carbocycles. The zero-order valence-corrected chi connectivity index (χ0v) is 17.4. The molecular formula is C20H25BrClN2O2-. The van der Waals surface area contributed by atoms with E-state index in [1.807, 2.05) is 18.3 Å². The molecule has 1 aliphatic rings. The number of methoxy groups -OCH3 is 1. The van der Waals surface area contributed by atoms with Crippen molar-refractivity contribution in [2.45, 2.75) is 51.3 Å². The molecule has 0 bridgehead atoms. The third kappa shape index (κ3) is 5.86. The minimum Gasteiger partial charge on any atom is -1.00 e. The molecule has 2 aromatic rings. The number of ether oxygens (including phenoxy) is 2. The van der Waals surface area contributed by atoms with Gasteiger partial charge in [-0.25, -0.2) is 0 Å². The molecule has 0 unspecified atom stereocenters. The molecule has 0 spiro atoms. The molecule has 0 atom stereocenters. The van der Waals surface area contributed by atoms with E-state index in [-0.39, 0.29) is 12.4 Å². The third-order valence-electron chi connectivity index (χ3n) is 4.60. The number of hydrogen-bond donors (Lipinski definition) is 1. The summed E-state index contributed by atoms with van der Waals surface area (Å²) in [7, 11) is 1.68. The first-order chi connectivity index (χ1) is 12.3. The fourth-order valence-electron chi connectivity index (χ4n) is 3.22. The van der Waals surface area contributed by atoms with E-state index in [4.69, 9.17) is 9.47 Å². The van der Waals surface area contributed by atoms with Crippen LogP contribution in [0.4, 0.5) is 0 Å². The van der Waals surface area contributed by atoms with Gasteiger partial charge in [-0.15, -0.1) is 0 Å². The summed E-state index contributed by atoms with van der Waals surface area (Å²) in [6, 6.07) is 8.71. The zero-order valence-electron chi connectivity index (χ0n) is 15.0. The number of aromatic nitrogens is 1. The lowest BCUT2D eigenvalue weighted by Crippen LogP contribution is -3.00. The lowest BCUT2D eigenvalue weighted by molar-refractivity contribution is -0.00000570. The van der Waals surface area contributed by atoms with Gasteiger partial charge in [0.2, 0.25) is 0 Å². The van der Waals surface area contributed by atoms with E-state index in [0.717, 1.165) is 28.1 Å². The molecule has 0 radical (unpaired) electrons.